The highest BCUT2D eigenvalue weighted by molar-refractivity contribution is 6.04. The number of amides is 3. The quantitative estimate of drug-likeness (QED) is 0.629. The molecular formula is C21H18FN3O2. The molecule has 136 valence electrons. The molecule has 0 radical (unpaired) electrons. The van der Waals surface area contributed by atoms with Gasteiger partial charge in [0.15, 0.2) is 0 Å². The fourth-order valence-electron chi connectivity index (χ4n) is 2.44. The third kappa shape index (κ3) is 5.40. The lowest BCUT2D eigenvalue weighted by molar-refractivity contribution is 0.102. The minimum Gasteiger partial charge on any atom is -0.334 e. The molecule has 27 heavy (non-hydrogen) atoms. The van der Waals surface area contributed by atoms with Crippen LogP contribution in [0.1, 0.15) is 15.9 Å². The van der Waals surface area contributed by atoms with Crippen LogP contribution in [-0.2, 0) is 6.54 Å². The first-order chi connectivity index (χ1) is 13.1. The second-order valence-corrected chi connectivity index (χ2v) is 5.84. The maximum absolute atomic E-state index is 12.9. The van der Waals surface area contributed by atoms with Crippen LogP contribution >= 0.6 is 0 Å². The monoisotopic (exact) mass is 363 g/mol. The van der Waals surface area contributed by atoms with Gasteiger partial charge in [-0.05, 0) is 54.1 Å². The van der Waals surface area contributed by atoms with Gasteiger partial charge in [0.25, 0.3) is 5.91 Å². The summed E-state index contributed by atoms with van der Waals surface area (Å²) in [4.78, 5) is 24.1. The Hall–Kier alpha value is -3.67. The van der Waals surface area contributed by atoms with Gasteiger partial charge >= 0.3 is 6.03 Å². The van der Waals surface area contributed by atoms with Gasteiger partial charge in [-0.3, -0.25) is 4.79 Å². The Morgan fingerprint density at radius 1 is 0.778 bits per heavy atom. The van der Waals surface area contributed by atoms with Gasteiger partial charge in [0.2, 0.25) is 0 Å². The third-order valence-electron chi connectivity index (χ3n) is 3.78. The van der Waals surface area contributed by atoms with E-state index in [2.05, 4.69) is 16.0 Å². The van der Waals surface area contributed by atoms with E-state index < -0.39 is 5.82 Å². The molecule has 0 saturated heterocycles. The van der Waals surface area contributed by atoms with Crippen molar-refractivity contribution in [2.75, 3.05) is 10.6 Å². The highest BCUT2D eigenvalue weighted by atomic mass is 19.1. The van der Waals surface area contributed by atoms with E-state index in [1.54, 1.807) is 30.3 Å². The molecule has 3 amide bonds. The summed E-state index contributed by atoms with van der Waals surface area (Å²) >= 11 is 0. The Morgan fingerprint density at radius 3 is 2.22 bits per heavy atom. The van der Waals surface area contributed by atoms with Crippen LogP contribution in [0.5, 0.6) is 0 Å². The predicted molar refractivity (Wildman–Crippen MR) is 103 cm³/mol. The van der Waals surface area contributed by atoms with Gasteiger partial charge in [-0.15, -0.1) is 0 Å². The molecule has 0 heterocycles. The molecule has 6 heteroatoms. The Balaban J connectivity index is 1.56. The SMILES string of the molecule is O=C(NCc1cccc(NC(=O)c2ccc(F)cc2)c1)Nc1ccccc1. The number of urea groups is 1. The molecule has 3 aromatic carbocycles. The van der Waals surface area contributed by atoms with Gasteiger partial charge < -0.3 is 16.0 Å². The van der Waals surface area contributed by atoms with E-state index in [-0.39, 0.29) is 11.9 Å². The zero-order valence-corrected chi connectivity index (χ0v) is 14.4. The number of hydrogen-bond donors (Lipinski definition) is 3. The molecule has 0 bridgehead atoms. The Bertz CT molecular complexity index is 928. The van der Waals surface area contributed by atoms with Crippen molar-refractivity contribution in [3.8, 4) is 0 Å². The van der Waals surface area contributed by atoms with Crippen LogP contribution in [0.25, 0.3) is 0 Å². The van der Waals surface area contributed by atoms with Crippen molar-refractivity contribution in [2.24, 2.45) is 0 Å². The highest BCUT2D eigenvalue weighted by Gasteiger charge is 2.07. The summed E-state index contributed by atoms with van der Waals surface area (Å²) < 4.78 is 12.9. The van der Waals surface area contributed by atoms with Crippen LogP contribution in [0.4, 0.5) is 20.6 Å². The number of hydrogen-bond acceptors (Lipinski definition) is 2. The molecule has 0 fully saturated rings. The lowest BCUT2D eigenvalue weighted by Gasteiger charge is -2.10. The zero-order chi connectivity index (χ0) is 19.1. The molecule has 0 aliphatic carbocycles. The van der Waals surface area contributed by atoms with E-state index in [9.17, 15) is 14.0 Å². The molecule has 3 aromatic rings. The van der Waals surface area contributed by atoms with Crippen LogP contribution in [0, 0.1) is 5.82 Å². The average Bonchev–Trinajstić information content (AvgIpc) is 2.68. The van der Waals surface area contributed by atoms with Crippen LogP contribution in [0.15, 0.2) is 78.9 Å². The van der Waals surface area contributed by atoms with Gasteiger partial charge in [-0.2, -0.15) is 0 Å². The smallest absolute Gasteiger partial charge is 0.319 e. The fourth-order valence-corrected chi connectivity index (χ4v) is 2.44. The molecule has 5 nitrogen and oxygen atoms in total. The summed E-state index contributed by atoms with van der Waals surface area (Å²) in [5, 5.41) is 8.25. The van der Waals surface area contributed by atoms with Gasteiger partial charge in [-0.1, -0.05) is 30.3 Å². The normalized spacial score (nSPS) is 10.1. The summed E-state index contributed by atoms with van der Waals surface area (Å²) in [5.41, 5.74) is 2.49. The van der Waals surface area contributed by atoms with Crippen molar-refractivity contribution in [1.82, 2.24) is 5.32 Å². The van der Waals surface area contributed by atoms with Crippen LogP contribution in [0.3, 0.4) is 0 Å². The van der Waals surface area contributed by atoms with E-state index in [1.807, 2.05) is 24.3 Å². The van der Waals surface area contributed by atoms with Gasteiger partial charge in [0.1, 0.15) is 5.82 Å². The first-order valence-corrected chi connectivity index (χ1v) is 8.36. The number of para-hydroxylation sites is 1. The summed E-state index contributed by atoms with van der Waals surface area (Å²) in [7, 11) is 0. The number of nitrogens with one attached hydrogen (secondary N) is 3. The summed E-state index contributed by atoms with van der Waals surface area (Å²) in [6.45, 7) is 0.304. The van der Waals surface area contributed by atoms with E-state index in [0.717, 1.165) is 5.56 Å². The topological polar surface area (TPSA) is 70.2 Å². The first-order valence-electron chi connectivity index (χ1n) is 8.36. The number of carbonyl (C=O) groups is 2. The van der Waals surface area contributed by atoms with Crippen LogP contribution in [0.2, 0.25) is 0 Å². The Kier molecular flexibility index (Phi) is 5.79. The van der Waals surface area contributed by atoms with Gasteiger partial charge in [0, 0.05) is 23.5 Å². The summed E-state index contributed by atoms with van der Waals surface area (Å²) in [6, 6.07) is 21.3. The zero-order valence-electron chi connectivity index (χ0n) is 14.4. The molecule has 3 rings (SSSR count). The van der Waals surface area contributed by atoms with E-state index in [4.69, 9.17) is 0 Å². The van der Waals surface area contributed by atoms with Crippen molar-refractivity contribution in [1.29, 1.82) is 0 Å². The van der Waals surface area contributed by atoms with E-state index >= 15 is 0 Å². The molecule has 0 aromatic heterocycles. The lowest BCUT2D eigenvalue weighted by Crippen LogP contribution is -2.28. The Labute approximate surface area is 156 Å². The number of halogens is 1. The lowest BCUT2D eigenvalue weighted by atomic mass is 10.1. The largest absolute Gasteiger partial charge is 0.334 e. The van der Waals surface area contributed by atoms with Crippen molar-refractivity contribution in [2.45, 2.75) is 6.54 Å². The van der Waals surface area contributed by atoms with Gasteiger partial charge in [0.05, 0.1) is 0 Å². The molecule has 0 saturated carbocycles. The average molecular weight is 363 g/mol. The van der Waals surface area contributed by atoms with Crippen molar-refractivity contribution in [3.63, 3.8) is 0 Å². The third-order valence-corrected chi connectivity index (χ3v) is 3.78. The van der Waals surface area contributed by atoms with E-state index in [1.165, 1.54) is 24.3 Å². The minimum absolute atomic E-state index is 0.304. The summed E-state index contributed by atoms with van der Waals surface area (Å²) in [6.07, 6.45) is 0. The summed E-state index contributed by atoms with van der Waals surface area (Å²) in [5.74, 6) is -0.727. The second-order valence-electron chi connectivity index (χ2n) is 5.84. The van der Waals surface area contributed by atoms with Crippen LogP contribution in [-0.4, -0.2) is 11.9 Å². The maximum Gasteiger partial charge on any atom is 0.319 e. The maximum atomic E-state index is 12.9. The van der Waals surface area contributed by atoms with E-state index in [0.29, 0.717) is 23.5 Å². The molecular weight excluding hydrogens is 345 g/mol. The highest BCUT2D eigenvalue weighted by Crippen LogP contribution is 2.13. The molecule has 0 aliphatic heterocycles. The number of rotatable bonds is 5. The standard InChI is InChI=1S/C21H18FN3O2/c22-17-11-9-16(10-12-17)20(26)24-19-8-4-5-15(13-19)14-23-21(27)25-18-6-2-1-3-7-18/h1-13H,14H2,(H,24,26)(H2,23,25,27). The second kappa shape index (κ2) is 8.62. The Morgan fingerprint density at radius 2 is 1.48 bits per heavy atom. The van der Waals surface area contributed by atoms with Crippen molar-refractivity contribution in [3.05, 3.63) is 95.8 Å². The molecule has 0 aliphatic rings. The molecule has 0 unspecified atom stereocenters. The van der Waals surface area contributed by atoms with Crippen molar-refractivity contribution >= 4 is 23.3 Å². The molecule has 0 atom stereocenters. The molecule has 3 N–H and O–H groups in total. The number of anilines is 2. The number of carbonyl (C=O) groups excluding carboxylic acids is 2. The fraction of sp³-hybridized carbons (Fsp3) is 0.0476. The van der Waals surface area contributed by atoms with Crippen LogP contribution < -0.4 is 16.0 Å². The van der Waals surface area contributed by atoms with Crippen molar-refractivity contribution < 1.29 is 14.0 Å². The number of benzene rings is 3. The predicted octanol–water partition coefficient (Wildman–Crippen LogP) is 4.40. The first kappa shape index (κ1) is 18.1. The molecule has 0 spiro atoms. The van der Waals surface area contributed by atoms with Gasteiger partial charge in [-0.25, -0.2) is 9.18 Å². The minimum atomic E-state index is -0.395.